The Bertz CT molecular complexity index is 346. The van der Waals surface area contributed by atoms with Crippen LogP contribution < -0.4 is 0 Å². The van der Waals surface area contributed by atoms with Crippen molar-refractivity contribution in [3.8, 4) is 0 Å². The molecule has 3 nitrogen and oxygen atoms in total. The van der Waals surface area contributed by atoms with Gasteiger partial charge in [0.2, 0.25) is 0 Å². The SMILES string of the molecule is C=CC(COC(=O)c1ccccc1)N(C)C. The molecule has 0 N–H and O–H groups in total. The Balaban J connectivity index is 2.50. The maximum absolute atomic E-state index is 11.6. The highest BCUT2D eigenvalue weighted by Crippen LogP contribution is 2.03. The second-order valence-electron chi connectivity index (χ2n) is 3.73. The van der Waals surface area contributed by atoms with E-state index in [1.54, 1.807) is 18.2 Å². The van der Waals surface area contributed by atoms with Gasteiger partial charge in [-0.25, -0.2) is 4.79 Å². The van der Waals surface area contributed by atoms with Gasteiger partial charge in [-0.3, -0.25) is 4.90 Å². The molecule has 0 saturated carbocycles. The molecular weight excluding hydrogens is 202 g/mol. The summed E-state index contributed by atoms with van der Waals surface area (Å²) < 4.78 is 5.19. The van der Waals surface area contributed by atoms with Gasteiger partial charge in [-0.1, -0.05) is 24.3 Å². The molecule has 0 aliphatic carbocycles. The Kier molecular flexibility index (Phi) is 4.73. The first-order valence-electron chi connectivity index (χ1n) is 5.16. The van der Waals surface area contributed by atoms with E-state index in [1.807, 2.05) is 37.2 Å². The van der Waals surface area contributed by atoms with Crippen molar-refractivity contribution in [3.05, 3.63) is 48.6 Å². The lowest BCUT2D eigenvalue weighted by atomic mass is 10.2. The highest BCUT2D eigenvalue weighted by atomic mass is 16.5. The van der Waals surface area contributed by atoms with Crippen LogP contribution >= 0.6 is 0 Å². The van der Waals surface area contributed by atoms with Crippen LogP contribution in [0.1, 0.15) is 10.4 Å². The van der Waals surface area contributed by atoms with E-state index in [2.05, 4.69) is 6.58 Å². The normalized spacial score (nSPS) is 12.2. The van der Waals surface area contributed by atoms with E-state index in [0.29, 0.717) is 12.2 Å². The zero-order chi connectivity index (χ0) is 12.0. The second-order valence-corrected chi connectivity index (χ2v) is 3.73. The minimum Gasteiger partial charge on any atom is -0.460 e. The number of hydrogen-bond acceptors (Lipinski definition) is 3. The quantitative estimate of drug-likeness (QED) is 0.560. The molecule has 0 saturated heterocycles. The summed E-state index contributed by atoms with van der Waals surface area (Å²) >= 11 is 0. The standard InChI is InChI=1S/C13H17NO2/c1-4-12(14(2)3)10-16-13(15)11-8-6-5-7-9-11/h4-9,12H,1,10H2,2-3H3. The molecule has 0 aliphatic heterocycles. The molecule has 0 bridgehead atoms. The first-order chi connectivity index (χ1) is 7.65. The molecule has 0 aliphatic rings. The van der Waals surface area contributed by atoms with Gasteiger partial charge in [0.25, 0.3) is 0 Å². The fraction of sp³-hybridized carbons (Fsp3) is 0.308. The summed E-state index contributed by atoms with van der Waals surface area (Å²) in [6, 6.07) is 9.01. The molecule has 1 atom stereocenters. The number of hydrogen-bond donors (Lipinski definition) is 0. The van der Waals surface area contributed by atoms with E-state index in [4.69, 9.17) is 4.74 Å². The average Bonchev–Trinajstić information content (AvgIpc) is 2.30. The minimum atomic E-state index is -0.297. The summed E-state index contributed by atoms with van der Waals surface area (Å²) in [4.78, 5) is 13.6. The molecule has 3 heteroatoms. The van der Waals surface area contributed by atoms with Crippen LogP contribution in [0.4, 0.5) is 0 Å². The molecule has 0 heterocycles. The van der Waals surface area contributed by atoms with Crippen LogP contribution in [-0.2, 0) is 4.74 Å². The smallest absolute Gasteiger partial charge is 0.338 e. The Labute approximate surface area is 96.3 Å². The third-order valence-corrected chi connectivity index (χ3v) is 2.33. The fourth-order valence-electron chi connectivity index (χ4n) is 1.25. The lowest BCUT2D eigenvalue weighted by molar-refractivity contribution is 0.0438. The summed E-state index contributed by atoms with van der Waals surface area (Å²) in [6.07, 6.45) is 1.76. The molecule has 1 rings (SSSR count). The molecule has 0 spiro atoms. The van der Waals surface area contributed by atoms with Crippen LogP contribution in [-0.4, -0.2) is 37.6 Å². The van der Waals surface area contributed by atoms with E-state index in [1.165, 1.54) is 0 Å². The van der Waals surface area contributed by atoms with E-state index in [0.717, 1.165) is 0 Å². The van der Waals surface area contributed by atoms with Crippen molar-refractivity contribution in [1.29, 1.82) is 0 Å². The van der Waals surface area contributed by atoms with Crippen molar-refractivity contribution < 1.29 is 9.53 Å². The number of nitrogens with zero attached hydrogens (tertiary/aromatic N) is 1. The highest BCUT2D eigenvalue weighted by Gasteiger charge is 2.11. The topological polar surface area (TPSA) is 29.5 Å². The number of benzene rings is 1. The first kappa shape index (κ1) is 12.5. The van der Waals surface area contributed by atoms with Crippen molar-refractivity contribution >= 4 is 5.97 Å². The summed E-state index contributed by atoms with van der Waals surface area (Å²) in [5.41, 5.74) is 0.573. The van der Waals surface area contributed by atoms with Gasteiger partial charge in [0.15, 0.2) is 0 Å². The third-order valence-electron chi connectivity index (χ3n) is 2.33. The van der Waals surface area contributed by atoms with Gasteiger partial charge in [0.05, 0.1) is 11.6 Å². The van der Waals surface area contributed by atoms with Crippen molar-refractivity contribution in [3.63, 3.8) is 0 Å². The molecule has 86 valence electrons. The number of ether oxygens (including phenoxy) is 1. The molecule has 1 unspecified atom stereocenters. The Morgan fingerprint density at radius 3 is 2.56 bits per heavy atom. The average molecular weight is 219 g/mol. The van der Waals surface area contributed by atoms with Gasteiger partial charge in [-0.15, -0.1) is 6.58 Å². The Hall–Kier alpha value is -1.61. The van der Waals surface area contributed by atoms with E-state index >= 15 is 0 Å². The summed E-state index contributed by atoms with van der Waals surface area (Å²) in [5, 5.41) is 0. The van der Waals surface area contributed by atoms with E-state index in [-0.39, 0.29) is 12.0 Å². The predicted octanol–water partition coefficient (Wildman–Crippen LogP) is 1.96. The summed E-state index contributed by atoms with van der Waals surface area (Å²) in [5.74, 6) is -0.297. The van der Waals surface area contributed by atoms with Crippen molar-refractivity contribution in [2.24, 2.45) is 0 Å². The first-order valence-corrected chi connectivity index (χ1v) is 5.16. The zero-order valence-electron chi connectivity index (χ0n) is 9.72. The molecule has 0 aromatic heterocycles. The lowest BCUT2D eigenvalue weighted by Crippen LogP contribution is -2.31. The maximum Gasteiger partial charge on any atom is 0.338 e. The second kappa shape index (κ2) is 6.08. The molecule has 0 fully saturated rings. The summed E-state index contributed by atoms with van der Waals surface area (Å²) in [7, 11) is 3.84. The van der Waals surface area contributed by atoms with Crippen molar-refractivity contribution in [2.45, 2.75) is 6.04 Å². The number of esters is 1. The predicted molar refractivity (Wildman–Crippen MR) is 64.4 cm³/mol. The van der Waals surface area contributed by atoms with Crippen LogP contribution in [0.25, 0.3) is 0 Å². The number of carbonyl (C=O) groups is 1. The van der Waals surface area contributed by atoms with Crippen LogP contribution in [0.3, 0.4) is 0 Å². The zero-order valence-corrected chi connectivity index (χ0v) is 9.72. The van der Waals surface area contributed by atoms with Crippen molar-refractivity contribution in [2.75, 3.05) is 20.7 Å². The van der Waals surface area contributed by atoms with Gasteiger partial charge in [0, 0.05) is 0 Å². The molecular formula is C13H17NO2. The number of likely N-dealkylation sites (N-methyl/N-ethyl adjacent to an activating group) is 1. The molecule has 1 aromatic rings. The van der Waals surface area contributed by atoms with Gasteiger partial charge in [-0.05, 0) is 26.2 Å². The van der Waals surface area contributed by atoms with Gasteiger partial charge in [0.1, 0.15) is 6.61 Å². The van der Waals surface area contributed by atoms with Gasteiger partial charge < -0.3 is 4.74 Å². The summed E-state index contributed by atoms with van der Waals surface area (Å²) in [6.45, 7) is 4.02. The van der Waals surface area contributed by atoms with Gasteiger partial charge >= 0.3 is 5.97 Å². The number of rotatable bonds is 5. The molecule has 0 amide bonds. The largest absolute Gasteiger partial charge is 0.460 e. The van der Waals surface area contributed by atoms with E-state index < -0.39 is 0 Å². The highest BCUT2D eigenvalue weighted by molar-refractivity contribution is 5.89. The fourth-order valence-corrected chi connectivity index (χ4v) is 1.25. The van der Waals surface area contributed by atoms with Crippen LogP contribution in [0, 0.1) is 0 Å². The Morgan fingerprint density at radius 1 is 1.44 bits per heavy atom. The monoisotopic (exact) mass is 219 g/mol. The lowest BCUT2D eigenvalue weighted by Gasteiger charge is -2.20. The van der Waals surface area contributed by atoms with Gasteiger partial charge in [-0.2, -0.15) is 0 Å². The molecule has 1 aromatic carbocycles. The van der Waals surface area contributed by atoms with Crippen molar-refractivity contribution in [1.82, 2.24) is 4.90 Å². The Morgan fingerprint density at radius 2 is 2.06 bits per heavy atom. The maximum atomic E-state index is 11.6. The van der Waals surface area contributed by atoms with Crippen LogP contribution in [0.2, 0.25) is 0 Å². The third kappa shape index (κ3) is 3.51. The van der Waals surface area contributed by atoms with Crippen LogP contribution in [0.15, 0.2) is 43.0 Å². The van der Waals surface area contributed by atoms with E-state index in [9.17, 15) is 4.79 Å². The minimum absolute atomic E-state index is 0.0488. The van der Waals surface area contributed by atoms with Crippen LogP contribution in [0.5, 0.6) is 0 Å². The molecule has 16 heavy (non-hydrogen) atoms. The molecule has 0 radical (unpaired) electrons. The number of carbonyl (C=O) groups excluding carboxylic acids is 1.